The van der Waals surface area contributed by atoms with Crippen molar-refractivity contribution in [2.45, 2.75) is 39.5 Å². The Morgan fingerprint density at radius 1 is 1.40 bits per heavy atom. The predicted molar refractivity (Wildman–Crippen MR) is 60.0 cm³/mol. The number of likely N-dealkylation sites (tertiary alicyclic amines) is 1. The molecule has 0 unspecified atom stereocenters. The third-order valence-electron chi connectivity index (χ3n) is 3.35. The molecular weight excluding hydrogens is 190 g/mol. The van der Waals surface area contributed by atoms with Crippen molar-refractivity contribution in [3.63, 3.8) is 0 Å². The number of piperidine rings is 1. The second kappa shape index (κ2) is 6.11. The first-order valence-corrected chi connectivity index (χ1v) is 6.13. The van der Waals surface area contributed by atoms with Gasteiger partial charge in [0, 0.05) is 19.3 Å². The molecule has 15 heavy (non-hydrogen) atoms. The van der Waals surface area contributed by atoms with Crippen LogP contribution >= 0.6 is 0 Å². The van der Waals surface area contributed by atoms with Gasteiger partial charge in [-0.3, -0.25) is 4.79 Å². The molecule has 0 aromatic heterocycles. The minimum Gasteiger partial charge on any atom is -0.481 e. The zero-order valence-corrected chi connectivity index (χ0v) is 9.96. The van der Waals surface area contributed by atoms with Crippen molar-refractivity contribution < 1.29 is 14.8 Å². The van der Waals surface area contributed by atoms with Gasteiger partial charge in [-0.05, 0) is 18.3 Å². The van der Waals surface area contributed by atoms with Crippen LogP contribution in [0.5, 0.6) is 0 Å². The van der Waals surface area contributed by atoms with E-state index in [0.29, 0.717) is 12.3 Å². The van der Waals surface area contributed by atoms with Gasteiger partial charge in [0.2, 0.25) is 0 Å². The average molecular weight is 214 g/mol. The zero-order chi connectivity index (χ0) is 11.3. The Morgan fingerprint density at radius 2 is 2.00 bits per heavy atom. The van der Waals surface area contributed by atoms with Gasteiger partial charge in [-0.25, -0.2) is 0 Å². The molecule has 3 nitrogen and oxygen atoms in total. The van der Waals surface area contributed by atoms with Crippen molar-refractivity contribution in [1.29, 1.82) is 0 Å². The maximum absolute atomic E-state index is 10.6. The molecule has 0 aromatic carbocycles. The van der Waals surface area contributed by atoms with Crippen molar-refractivity contribution >= 4 is 5.97 Å². The van der Waals surface area contributed by atoms with Crippen LogP contribution in [0.4, 0.5) is 0 Å². The molecule has 88 valence electrons. The van der Waals surface area contributed by atoms with Crippen molar-refractivity contribution in [2.75, 3.05) is 19.6 Å². The van der Waals surface area contributed by atoms with Crippen molar-refractivity contribution in [3.8, 4) is 0 Å². The summed E-state index contributed by atoms with van der Waals surface area (Å²) in [4.78, 5) is 12.2. The van der Waals surface area contributed by atoms with Gasteiger partial charge in [0.05, 0.1) is 19.6 Å². The largest absolute Gasteiger partial charge is 0.481 e. The fraction of sp³-hybridized carbons (Fsp3) is 0.917. The van der Waals surface area contributed by atoms with Crippen molar-refractivity contribution in [1.82, 2.24) is 0 Å². The second-order valence-corrected chi connectivity index (χ2v) is 5.22. The lowest BCUT2D eigenvalue weighted by Crippen LogP contribution is -3.13. The van der Waals surface area contributed by atoms with E-state index in [4.69, 9.17) is 5.11 Å². The lowest BCUT2D eigenvalue weighted by atomic mass is 9.93. The van der Waals surface area contributed by atoms with Gasteiger partial charge in [-0.15, -0.1) is 0 Å². The van der Waals surface area contributed by atoms with E-state index in [1.54, 1.807) is 4.90 Å². The first-order valence-electron chi connectivity index (χ1n) is 6.13. The Kier molecular flexibility index (Phi) is 5.09. The van der Waals surface area contributed by atoms with Crippen LogP contribution < -0.4 is 4.90 Å². The van der Waals surface area contributed by atoms with Crippen LogP contribution in [0.25, 0.3) is 0 Å². The first kappa shape index (κ1) is 12.5. The minimum atomic E-state index is -0.634. The van der Waals surface area contributed by atoms with Crippen LogP contribution in [-0.4, -0.2) is 30.7 Å². The molecular formula is C12H24NO2+. The highest BCUT2D eigenvalue weighted by molar-refractivity contribution is 5.66. The lowest BCUT2D eigenvalue weighted by molar-refractivity contribution is -0.906. The summed E-state index contributed by atoms with van der Waals surface area (Å²) in [7, 11) is 0. The molecule has 2 N–H and O–H groups in total. The van der Waals surface area contributed by atoms with Gasteiger partial charge in [-0.1, -0.05) is 13.8 Å². The summed E-state index contributed by atoms with van der Waals surface area (Å²) >= 11 is 0. The molecule has 1 saturated heterocycles. The average Bonchev–Trinajstić information content (AvgIpc) is 2.16. The highest BCUT2D eigenvalue weighted by Gasteiger charge is 2.23. The molecule has 1 aliphatic rings. The van der Waals surface area contributed by atoms with E-state index in [1.807, 2.05) is 0 Å². The SMILES string of the molecule is CC(C)CC[NH+]1CCC(CC(=O)O)CC1. The van der Waals surface area contributed by atoms with Gasteiger partial charge in [-0.2, -0.15) is 0 Å². The van der Waals surface area contributed by atoms with E-state index in [-0.39, 0.29) is 0 Å². The molecule has 1 fully saturated rings. The van der Waals surface area contributed by atoms with Crippen LogP contribution in [0.3, 0.4) is 0 Å². The molecule has 1 heterocycles. The molecule has 3 heteroatoms. The van der Waals surface area contributed by atoms with Crippen molar-refractivity contribution in [3.05, 3.63) is 0 Å². The Balaban J connectivity index is 2.15. The number of carbonyl (C=O) groups is 1. The maximum Gasteiger partial charge on any atom is 0.303 e. The first-order chi connectivity index (χ1) is 7.08. The smallest absolute Gasteiger partial charge is 0.303 e. The molecule has 0 amide bonds. The van der Waals surface area contributed by atoms with Gasteiger partial charge in [0.1, 0.15) is 0 Å². The van der Waals surface area contributed by atoms with E-state index in [0.717, 1.165) is 18.8 Å². The number of nitrogens with one attached hydrogen (secondary N) is 1. The normalized spacial score (nSPS) is 26.9. The quantitative estimate of drug-likeness (QED) is 0.711. The van der Waals surface area contributed by atoms with E-state index in [9.17, 15) is 4.79 Å². The molecule has 0 atom stereocenters. The molecule has 1 aliphatic heterocycles. The van der Waals surface area contributed by atoms with Crippen LogP contribution in [-0.2, 0) is 4.79 Å². The minimum absolute atomic E-state index is 0.372. The fourth-order valence-electron chi connectivity index (χ4n) is 2.28. The third-order valence-corrected chi connectivity index (χ3v) is 3.35. The van der Waals surface area contributed by atoms with Gasteiger partial charge in [0.15, 0.2) is 0 Å². The Bertz CT molecular complexity index is 196. The molecule has 0 radical (unpaired) electrons. The van der Waals surface area contributed by atoms with Crippen LogP contribution in [0.2, 0.25) is 0 Å². The van der Waals surface area contributed by atoms with E-state index in [2.05, 4.69) is 13.8 Å². The highest BCUT2D eigenvalue weighted by atomic mass is 16.4. The summed E-state index contributed by atoms with van der Waals surface area (Å²) in [6, 6.07) is 0. The number of carboxylic acids is 1. The lowest BCUT2D eigenvalue weighted by Gasteiger charge is -2.28. The van der Waals surface area contributed by atoms with Gasteiger partial charge < -0.3 is 10.0 Å². The number of hydrogen-bond donors (Lipinski definition) is 2. The van der Waals surface area contributed by atoms with Gasteiger partial charge in [0.25, 0.3) is 0 Å². The molecule has 0 aliphatic carbocycles. The summed E-state index contributed by atoms with van der Waals surface area (Å²) in [5, 5.41) is 8.70. The summed E-state index contributed by atoms with van der Waals surface area (Å²) in [5.41, 5.74) is 0. The topological polar surface area (TPSA) is 41.7 Å². The zero-order valence-electron chi connectivity index (χ0n) is 9.96. The molecule has 0 saturated carbocycles. The predicted octanol–water partition coefficient (Wildman–Crippen LogP) is 0.802. The fourth-order valence-corrected chi connectivity index (χ4v) is 2.28. The summed E-state index contributed by atoms with van der Waals surface area (Å²) < 4.78 is 0. The molecule has 0 spiro atoms. The maximum atomic E-state index is 10.6. The Labute approximate surface area is 92.5 Å². The number of aliphatic carboxylic acids is 1. The number of quaternary nitrogens is 1. The van der Waals surface area contributed by atoms with Gasteiger partial charge >= 0.3 is 5.97 Å². The van der Waals surface area contributed by atoms with Crippen molar-refractivity contribution in [2.24, 2.45) is 11.8 Å². The summed E-state index contributed by atoms with van der Waals surface area (Å²) in [6.45, 7) is 8.13. The Morgan fingerprint density at radius 3 is 2.47 bits per heavy atom. The number of carboxylic acid groups (broad SMARTS) is 1. The number of rotatable bonds is 5. The summed E-state index contributed by atoms with van der Waals surface area (Å²) in [6.07, 6.45) is 3.86. The Hall–Kier alpha value is -0.570. The number of hydrogen-bond acceptors (Lipinski definition) is 1. The second-order valence-electron chi connectivity index (χ2n) is 5.22. The standard InChI is InChI=1S/C12H23NO2/c1-10(2)3-6-13-7-4-11(5-8-13)9-12(14)15/h10-11H,3-9H2,1-2H3,(H,14,15)/p+1. The van der Waals surface area contributed by atoms with Crippen LogP contribution in [0.1, 0.15) is 39.5 Å². The molecule has 0 aromatic rings. The van der Waals surface area contributed by atoms with E-state index >= 15 is 0 Å². The summed E-state index contributed by atoms with van der Waals surface area (Å²) in [5.74, 6) is 0.588. The molecule has 0 bridgehead atoms. The monoisotopic (exact) mass is 214 g/mol. The van der Waals surface area contributed by atoms with Crippen LogP contribution in [0, 0.1) is 11.8 Å². The third kappa shape index (κ3) is 5.17. The molecule has 1 rings (SSSR count). The van der Waals surface area contributed by atoms with E-state index < -0.39 is 5.97 Å². The van der Waals surface area contributed by atoms with Crippen LogP contribution in [0.15, 0.2) is 0 Å². The van der Waals surface area contributed by atoms with E-state index in [1.165, 1.54) is 26.1 Å². The highest BCUT2D eigenvalue weighted by Crippen LogP contribution is 2.13.